The van der Waals surface area contributed by atoms with Crippen molar-refractivity contribution in [2.24, 2.45) is 0 Å². The first-order chi connectivity index (χ1) is 18.5. The molecule has 0 fully saturated rings. The molecule has 0 radical (unpaired) electrons. The molecule has 3 aromatic rings. The van der Waals surface area contributed by atoms with Gasteiger partial charge in [-0.2, -0.15) is 0 Å². The van der Waals surface area contributed by atoms with E-state index in [2.05, 4.69) is 30.7 Å². The summed E-state index contributed by atoms with van der Waals surface area (Å²) in [5, 5.41) is 2.59. The second-order valence-electron chi connectivity index (χ2n) is 8.46. The number of anilines is 2. The third-order valence-corrected chi connectivity index (χ3v) is 9.11. The number of hydrogen-bond acceptors (Lipinski definition) is 8. The van der Waals surface area contributed by atoms with Crippen molar-refractivity contribution in [2.75, 3.05) is 36.9 Å². The molecule has 1 aliphatic rings. The normalized spacial score (nSPS) is 13.0. The molecule has 0 saturated heterocycles. The van der Waals surface area contributed by atoms with Crippen LogP contribution in [-0.4, -0.2) is 49.6 Å². The van der Waals surface area contributed by atoms with Gasteiger partial charge in [0, 0.05) is 29.2 Å². The molecular formula is C25H26BrN3O8S2. The summed E-state index contributed by atoms with van der Waals surface area (Å²) in [5.74, 6) is 0.345. The van der Waals surface area contributed by atoms with Crippen LogP contribution in [0.1, 0.15) is 12.0 Å². The second-order valence-corrected chi connectivity index (χ2v) is 12.7. The smallest absolute Gasteiger partial charge is 0.265 e. The molecule has 1 amide bonds. The van der Waals surface area contributed by atoms with Crippen molar-refractivity contribution in [3.63, 3.8) is 0 Å². The maximum Gasteiger partial charge on any atom is 0.265 e. The number of halogens is 1. The van der Waals surface area contributed by atoms with Crippen LogP contribution in [0.15, 0.2) is 68.9 Å². The molecule has 3 N–H and O–H groups in total. The Labute approximate surface area is 235 Å². The number of carbonyl (C=O) groups is 1. The molecule has 0 bridgehead atoms. The average Bonchev–Trinajstić information content (AvgIpc) is 2.90. The van der Waals surface area contributed by atoms with Gasteiger partial charge in [-0.1, -0.05) is 6.07 Å². The largest absolute Gasteiger partial charge is 0.495 e. The zero-order valence-corrected chi connectivity index (χ0v) is 24.2. The highest BCUT2D eigenvalue weighted by atomic mass is 79.9. The van der Waals surface area contributed by atoms with Gasteiger partial charge in [0.25, 0.3) is 10.0 Å². The van der Waals surface area contributed by atoms with Gasteiger partial charge in [-0.3, -0.25) is 9.52 Å². The maximum atomic E-state index is 13.2. The highest BCUT2D eigenvalue weighted by Gasteiger charge is 2.23. The lowest BCUT2D eigenvalue weighted by Gasteiger charge is -2.18. The van der Waals surface area contributed by atoms with E-state index in [1.807, 2.05) is 13.0 Å². The van der Waals surface area contributed by atoms with Gasteiger partial charge >= 0.3 is 0 Å². The Morgan fingerprint density at radius 1 is 0.949 bits per heavy atom. The quantitative estimate of drug-likeness (QED) is 0.304. The van der Waals surface area contributed by atoms with Gasteiger partial charge < -0.3 is 19.5 Å². The molecule has 0 aromatic heterocycles. The van der Waals surface area contributed by atoms with Crippen molar-refractivity contribution in [1.82, 2.24) is 4.72 Å². The maximum absolute atomic E-state index is 13.2. The number of aryl methyl sites for hydroxylation is 1. The zero-order valence-electron chi connectivity index (χ0n) is 21.0. The molecule has 0 unspecified atom stereocenters. The van der Waals surface area contributed by atoms with E-state index in [4.69, 9.17) is 14.2 Å². The molecule has 0 atom stereocenters. The monoisotopic (exact) mass is 639 g/mol. The van der Waals surface area contributed by atoms with E-state index in [0.717, 1.165) is 5.56 Å². The van der Waals surface area contributed by atoms with E-state index >= 15 is 0 Å². The summed E-state index contributed by atoms with van der Waals surface area (Å²) in [6.07, 6.45) is -0.202. The minimum absolute atomic E-state index is 0.0232. The van der Waals surface area contributed by atoms with Gasteiger partial charge in [0.1, 0.15) is 23.9 Å². The lowest BCUT2D eigenvalue weighted by molar-refractivity contribution is -0.116. The van der Waals surface area contributed by atoms with Crippen LogP contribution in [0, 0.1) is 6.92 Å². The topological polar surface area (TPSA) is 149 Å². The van der Waals surface area contributed by atoms with E-state index in [-0.39, 0.29) is 34.2 Å². The SMILES string of the molecule is COc1ccc(NC(=O)CCNS(=O)(=O)c2ccc3c(c2)OCCO3)cc1S(=O)(=O)Nc1cc(C)ccc1Br. The summed E-state index contributed by atoms with van der Waals surface area (Å²) in [4.78, 5) is 12.3. The average molecular weight is 641 g/mol. The van der Waals surface area contributed by atoms with E-state index in [1.54, 1.807) is 12.1 Å². The first-order valence-corrected chi connectivity index (χ1v) is 15.4. The van der Waals surface area contributed by atoms with Crippen LogP contribution in [0.5, 0.6) is 17.2 Å². The Hall–Kier alpha value is -3.33. The molecule has 14 heteroatoms. The fraction of sp³-hybridized carbons (Fsp3) is 0.240. The third-order valence-electron chi connectivity index (χ3n) is 5.57. The van der Waals surface area contributed by atoms with E-state index in [9.17, 15) is 21.6 Å². The molecule has 1 heterocycles. The summed E-state index contributed by atoms with van der Waals surface area (Å²) >= 11 is 3.33. The van der Waals surface area contributed by atoms with Gasteiger partial charge in [0.15, 0.2) is 11.5 Å². The van der Waals surface area contributed by atoms with Crippen molar-refractivity contribution in [2.45, 2.75) is 23.1 Å². The number of benzene rings is 3. The van der Waals surface area contributed by atoms with Crippen LogP contribution in [0.4, 0.5) is 11.4 Å². The Kier molecular flexibility index (Phi) is 8.69. The second kappa shape index (κ2) is 11.8. The fourth-order valence-corrected chi connectivity index (χ4v) is 6.47. The molecule has 1 aliphatic heterocycles. The zero-order chi connectivity index (χ0) is 28.2. The van der Waals surface area contributed by atoms with Crippen molar-refractivity contribution < 1.29 is 35.8 Å². The Morgan fingerprint density at radius 2 is 1.69 bits per heavy atom. The van der Waals surface area contributed by atoms with E-state index in [0.29, 0.717) is 34.9 Å². The van der Waals surface area contributed by atoms with Gasteiger partial charge in [0.05, 0.1) is 17.7 Å². The Bertz CT molecular complexity index is 1610. The molecule has 0 saturated carbocycles. The summed E-state index contributed by atoms with van der Waals surface area (Å²) in [6, 6.07) is 13.7. The van der Waals surface area contributed by atoms with Crippen molar-refractivity contribution in [3.05, 3.63) is 64.6 Å². The lowest BCUT2D eigenvalue weighted by atomic mass is 10.2. The first-order valence-electron chi connectivity index (χ1n) is 11.6. The number of methoxy groups -OCH3 is 1. The minimum atomic E-state index is -4.09. The van der Waals surface area contributed by atoms with Crippen LogP contribution in [0.2, 0.25) is 0 Å². The molecule has 0 spiro atoms. The Balaban J connectivity index is 1.41. The van der Waals surface area contributed by atoms with Crippen molar-refractivity contribution in [1.29, 1.82) is 0 Å². The highest BCUT2D eigenvalue weighted by molar-refractivity contribution is 9.10. The van der Waals surface area contributed by atoms with Gasteiger partial charge in [0.2, 0.25) is 15.9 Å². The third kappa shape index (κ3) is 7.01. The lowest BCUT2D eigenvalue weighted by Crippen LogP contribution is -2.28. The van der Waals surface area contributed by atoms with Crippen LogP contribution in [0.3, 0.4) is 0 Å². The predicted molar refractivity (Wildman–Crippen MR) is 149 cm³/mol. The van der Waals surface area contributed by atoms with Gasteiger partial charge in [-0.15, -0.1) is 0 Å². The number of amides is 1. The first kappa shape index (κ1) is 28.7. The Morgan fingerprint density at radius 3 is 2.44 bits per heavy atom. The van der Waals surface area contributed by atoms with Crippen molar-refractivity contribution in [3.8, 4) is 17.2 Å². The van der Waals surface area contributed by atoms with Gasteiger partial charge in [-0.25, -0.2) is 21.6 Å². The molecule has 39 heavy (non-hydrogen) atoms. The number of carbonyl (C=O) groups excluding carboxylic acids is 1. The number of nitrogens with one attached hydrogen (secondary N) is 3. The predicted octanol–water partition coefficient (Wildman–Crippen LogP) is 3.65. The summed E-state index contributed by atoms with van der Waals surface area (Å²) in [7, 11) is -6.67. The summed E-state index contributed by atoms with van der Waals surface area (Å²) in [5.41, 5.74) is 1.39. The van der Waals surface area contributed by atoms with Gasteiger partial charge in [-0.05, 0) is 70.9 Å². The van der Waals surface area contributed by atoms with Crippen LogP contribution in [0.25, 0.3) is 0 Å². The highest BCUT2D eigenvalue weighted by Crippen LogP contribution is 2.33. The summed E-state index contributed by atoms with van der Waals surface area (Å²) < 4.78 is 73.1. The number of rotatable bonds is 10. The molecule has 3 aromatic carbocycles. The molecule has 208 valence electrons. The van der Waals surface area contributed by atoms with Crippen LogP contribution < -0.4 is 29.0 Å². The number of hydrogen-bond donors (Lipinski definition) is 3. The molecular weight excluding hydrogens is 614 g/mol. The standard InChI is InChI=1S/C25H26BrN3O8S2/c1-16-3-6-19(26)20(13-16)29-39(33,34)24-14-17(4-7-22(24)35-2)28-25(30)9-10-27-38(31,32)18-5-8-21-23(15-18)37-12-11-36-21/h3-8,13-15,27,29H,9-12H2,1-2H3,(H,28,30). The van der Waals surface area contributed by atoms with E-state index < -0.39 is 26.0 Å². The number of sulfonamides is 2. The molecule has 0 aliphatic carbocycles. The minimum Gasteiger partial charge on any atom is -0.495 e. The summed E-state index contributed by atoms with van der Waals surface area (Å²) in [6.45, 7) is 2.34. The number of fused-ring (bicyclic) bond motifs is 1. The molecule has 11 nitrogen and oxygen atoms in total. The van der Waals surface area contributed by atoms with Crippen molar-refractivity contribution >= 4 is 53.3 Å². The van der Waals surface area contributed by atoms with Crippen LogP contribution >= 0.6 is 15.9 Å². The van der Waals surface area contributed by atoms with Crippen LogP contribution in [-0.2, 0) is 24.8 Å². The fourth-order valence-electron chi connectivity index (χ4n) is 3.68. The number of ether oxygens (including phenoxy) is 3. The molecule has 4 rings (SSSR count). The van der Waals surface area contributed by atoms with E-state index in [1.165, 1.54) is 43.5 Å².